The summed E-state index contributed by atoms with van der Waals surface area (Å²) >= 11 is 1.63. The Kier molecular flexibility index (Phi) is 2.89. The molecule has 0 amide bonds. The van der Waals surface area contributed by atoms with Gasteiger partial charge in [-0.2, -0.15) is 16.0 Å². The summed E-state index contributed by atoms with van der Waals surface area (Å²) in [5.74, 6) is 1.44. The van der Waals surface area contributed by atoms with Gasteiger partial charge in [-0.25, -0.2) is 9.97 Å². The van der Waals surface area contributed by atoms with E-state index in [1.165, 1.54) is 0 Å². The molecule has 0 saturated heterocycles. The second-order valence-electron chi connectivity index (χ2n) is 5.39. The topological polar surface area (TPSA) is 56.5 Å². The zero-order valence-corrected chi connectivity index (χ0v) is 13.3. The molecule has 0 aliphatic rings. The lowest BCUT2D eigenvalue weighted by molar-refractivity contribution is 0.806. The van der Waals surface area contributed by atoms with Crippen LogP contribution in [0.4, 0.5) is 0 Å². The maximum atomic E-state index is 4.79. The highest BCUT2D eigenvalue weighted by Gasteiger charge is 2.14. The maximum absolute atomic E-state index is 4.79. The molecule has 24 heavy (non-hydrogen) atoms. The van der Waals surface area contributed by atoms with Crippen LogP contribution in [0.2, 0.25) is 0 Å². The van der Waals surface area contributed by atoms with Crippen molar-refractivity contribution in [3.63, 3.8) is 0 Å². The third-order valence-electron chi connectivity index (χ3n) is 3.91. The normalized spacial score (nSPS) is 11.3. The number of thiophene rings is 1. The van der Waals surface area contributed by atoms with Gasteiger partial charge in [0.1, 0.15) is 5.52 Å². The van der Waals surface area contributed by atoms with Crippen LogP contribution < -0.4 is 0 Å². The second-order valence-corrected chi connectivity index (χ2v) is 6.17. The van der Waals surface area contributed by atoms with E-state index < -0.39 is 0 Å². The minimum absolute atomic E-state index is 0.699. The molecule has 0 saturated carbocycles. The third-order valence-corrected chi connectivity index (χ3v) is 4.60. The number of hydrogen-bond donors (Lipinski definition) is 0. The smallest absolute Gasteiger partial charge is 0.167 e. The Morgan fingerprint density at radius 2 is 1.67 bits per heavy atom. The molecule has 5 aromatic rings. The predicted octanol–water partition coefficient (Wildman–Crippen LogP) is 4.09. The van der Waals surface area contributed by atoms with Gasteiger partial charge >= 0.3 is 0 Å². The molecule has 3 heterocycles. The van der Waals surface area contributed by atoms with E-state index in [0.717, 1.165) is 33.3 Å². The Morgan fingerprint density at radius 3 is 2.54 bits per heavy atom. The standard InChI is InChI=1S/C18H11N5S/c1-2-6-14-13(5-1)18(20-17(19-14)12-9-10-24-11-12)23-16-8-4-3-7-15(16)21-22-23/h1-11H. The quantitative estimate of drug-likeness (QED) is 0.489. The molecule has 0 fully saturated rings. The molecule has 0 bridgehead atoms. The highest BCUT2D eigenvalue weighted by atomic mass is 32.1. The SMILES string of the molecule is c1ccc2c(-n3nnc4ccccc43)nc(-c3ccsc3)nc2c1. The van der Waals surface area contributed by atoms with Crippen LogP contribution >= 0.6 is 11.3 Å². The van der Waals surface area contributed by atoms with E-state index in [2.05, 4.69) is 10.3 Å². The Hall–Kier alpha value is -3.12. The van der Waals surface area contributed by atoms with Crippen molar-refractivity contribution >= 4 is 33.3 Å². The first-order valence-corrected chi connectivity index (χ1v) is 8.44. The molecule has 0 aliphatic carbocycles. The largest absolute Gasteiger partial charge is 0.228 e. The van der Waals surface area contributed by atoms with Gasteiger partial charge in [0.05, 0.1) is 11.0 Å². The number of para-hydroxylation sites is 2. The number of benzene rings is 2. The molecule has 0 atom stereocenters. The molecule has 0 aliphatic heterocycles. The van der Waals surface area contributed by atoms with Crippen LogP contribution in [0.15, 0.2) is 65.4 Å². The number of hydrogen-bond acceptors (Lipinski definition) is 5. The van der Waals surface area contributed by atoms with Crippen LogP contribution in [-0.4, -0.2) is 25.0 Å². The highest BCUT2D eigenvalue weighted by Crippen LogP contribution is 2.26. The molecule has 0 N–H and O–H groups in total. The van der Waals surface area contributed by atoms with Crippen molar-refractivity contribution in [3.05, 3.63) is 65.4 Å². The van der Waals surface area contributed by atoms with Gasteiger partial charge in [0.2, 0.25) is 0 Å². The van der Waals surface area contributed by atoms with Crippen molar-refractivity contribution in [3.8, 4) is 17.2 Å². The number of rotatable bonds is 2. The van der Waals surface area contributed by atoms with Crippen molar-refractivity contribution in [2.45, 2.75) is 0 Å². The first-order valence-electron chi connectivity index (χ1n) is 7.50. The Bertz CT molecular complexity index is 1160. The van der Waals surface area contributed by atoms with Crippen molar-refractivity contribution in [1.29, 1.82) is 0 Å². The van der Waals surface area contributed by atoms with Gasteiger partial charge in [-0.15, -0.1) is 5.10 Å². The average molecular weight is 329 g/mol. The van der Waals surface area contributed by atoms with E-state index in [1.807, 2.05) is 65.4 Å². The molecule has 2 aromatic carbocycles. The average Bonchev–Trinajstić information content (AvgIpc) is 3.31. The van der Waals surface area contributed by atoms with Gasteiger partial charge in [-0.05, 0) is 35.7 Å². The summed E-state index contributed by atoms with van der Waals surface area (Å²) in [6.45, 7) is 0. The monoisotopic (exact) mass is 329 g/mol. The summed E-state index contributed by atoms with van der Waals surface area (Å²) in [4.78, 5) is 9.49. The van der Waals surface area contributed by atoms with Crippen molar-refractivity contribution in [1.82, 2.24) is 25.0 Å². The summed E-state index contributed by atoms with van der Waals surface area (Å²) in [6.07, 6.45) is 0. The van der Waals surface area contributed by atoms with Crippen molar-refractivity contribution < 1.29 is 0 Å². The van der Waals surface area contributed by atoms with E-state index in [4.69, 9.17) is 9.97 Å². The summed E-state index contributed by atoms with van der Waals surface area (Å²) < 4.78 is 1.79. The molecule has 0 spiro atoms. The molecule has 5 rings (SSSR count). The van der Waals surface area contributed by atoms with Gasteiger partial charge in [0.25, 0.3) is 0 Å². The highest BCUT2D eigenvalue weighted by molar-refractivity contribution is 7.08. The first-order chi connectivity index (χ1) is 11.9. The second kappa shape index (κ2) is 5.21. The summed E-state index contributed by atoms with van der Waals surface area (Å²) in [6, 6.07) is 17.9. The number of fused-ring (bicyclic) bond motifs is 2. The van der Waals surface area contributed by atoms with Crippen LogP contribution in [0.1, 0.15) is 0 Å². The molecule has 0 radical (unpaired) electrons. The minimum atomic E-state index is 0.699. The zero-order chi connectivity index (χ0) is 15.9. The Balaban J connectivity index is 1.87. The minimum Gasteiger partial charge on any atom is -0.228 e. The number of aromatic nitrogens is 5. The van der Waals surface area contributed by atoms with Gasteiger partial charge < -0.3 is 0 Å². The van der Waals surface area contributed by atoms with E-state index >= 15 is 0 Å². The summed E-state index contributed by atoms with van der Waals surface area (Å²) in [5.41, 5.74) is 3.68. The van der Waals surface area contributed by atoms with Gasteiger partial charge in [0, 0.05) is 16.3 Å². The predicted molar refractivity (Wildman–Crippen MR) is 95.3 cm³/mol. The van der Waals surface area contributed by atoms with E-state index in [0.29, 0.717) is 5.82 Å². The lowest BCUT2D eigenvalue weighted by atomic mass is 10.2. The van der Waals surface area contributed by atoms with Gasteiger partial charge in [0.15, 0.2) is 11.6 Å². The van der Waals surface area contributed by atoms with Gasteiger partial charge in [-0.1, -0.05) is 29.5 Å². The molecule has 6 heteroatoms. The molecule has 0 unspecified atom stereocenters. The Labute approximate surface area is 141 Å². The van der Waals surface area contributed by atoms with Crippen LogP contribution in [0.3, 0.4) is 0 Å². The third kappa shape index (κ3) is 2.00. The van der Waals surface area contributed by atoms with Crippen LogP contribution in [0, 0.1) is 0 Å². The molecule has 5 nitrogen and oxygen atoms in total. The van der Waals surface area contributed by atoms with Gasteiger partial charge in [-0.3, -0.25) is 0 Å². The van der Waals surface area contributed by atoms with E-state index in [9.17, 15) is 0 Å². The summed E-state index contributed by atoms with van der Waals surface area (Å²) in [5, 5.41) is 13.6. The number of nitrogens with zero attached hydrogens (tertiary/aromatic N) is 5. The lowest BCUT2D eigenvalue weighted by Gasteiger charge is -2.08. The van der Waals surface area contributed by atoms with Crippen LogP contribution in [-0.2, 0) is 0 Å². The van der Waals surface area contributed by atoms with E-state index in [1.54, 1.807) is 16.0 Å². The summed E-state index contributed by atoms with van der Waals surface area (Å²) in [7, 11) is 0. The molecule has 3 aromatic heterocycles. The molecular weight excluding hydrogens is 318 g/mol. The maximum Gasteiger partial charge on any atom is 0.167 e. The molecule has 114 valence electrons. The van der Waals surface area contributed by atoms with Crippen LogP contribution in [0.5, 0.6) is 0 Å². The Morgan fingerprint density at radius 1 is 0.833 bits per heavy atom. The fourth-order valence-electron chi connectivity index (χ4n) is 2.77. The van der Waals surface area contributed by atoms with Crippen molar-refractivity contribution in [2.75, 3.05) is 0 Å². The fraction of sp³-hybridized carbons (Fsp3) is 0. The van der Waals surface area contributed by atoms with Crippen LogP contribution in [0.25, 0.3) is 39.1 Å². The first kappa shape index (κ1) is 13.3. The molecular formula is C18H11N5S. The zero-order valence-electron chi connectivity index (χ0n) is 12.5. The van der Waals surface area contributed by atoms with E-state index in [-0.39, 0.29) is 0 Å². The fourth-order valence-corrected chi connectivity index (χ4v) is 3.40. The lowest BCUT2D eigenvalue weighted by Crippen LogP contribution is -2.04. The van der Waals surface area contributed by atoms with Crippen molar-refractivity contribution in [2.24, 2.45) is 0 Å².